The van der Waals surface area contributed by atoms with Crippen LogP contribution in [-0.2, 0) is 16.0 Å². The van der Waals surface area contributed by atoms with Gasteiger partial charge in [0.2, 0.25) is 11.7 Å². The number of methoxy groups -OCH3 is 1. The van der Waals surface area contributed by atoms with Crippen LogP contribution in [0, 0.1) is 6.92 Å². The third kappa shape index (κ3) is 6.21. The second kappa shape index (κ2) is 14.4. The number of aliphatic hydroxyl groups is 2. The van der Waals surface area contributed by atoms with Crippen molar-refractivity contribution < 1.29 is 47.0 Å². The molecule has 1 aliphatic rings. The molecule has 58 heavy (non-hydrogen) atoms. The summed E-state index contributed by atoms with van der Waals surface area (Å²) < 4.78 is 40.6. The van der Waals surface area contributed by atoms with Crippen LogP contribution in [0.2, 0.25) is 0 Å². The van der Waals surface area contributed by atoms with E-state index in [-0.39, 0.29) is 17.5 Å². The summed E-state index contributed by atoms with van der Waals surface area (Å²) >= 11 is 0. The highest BCUT2D eigenvalue weighted by molar-refractivity contribution is 5.96. The third-order valence-electron chi connectivity index (χ3n) is 10.2. The van der Waals surface area contributed by atoms with E-state index in [1.165, 1.54) is 0 Å². The first-order valence-electron chi connectivity index (χ1n) is 18.6. The van der Waals surface area contributed by atoms with Gasteiger partial charge in [0, 0.05) is 38.9 Å². The zero-order valence-electron chi connectivity index (χ0n) is 31.9. The van der Waals surface area contributed by atoms with Crippen LogP contribution in [0.4, 0.5) is 0 Å². The number of nitrogens with zero attached hydrogens (tertiary/aromatic N) is 3. The minimum atomic E-state index is -1.94. The monoisotopic (exact) mass is 785 g/mol. The number of fused-ring (bicyclic) bond motifs is 3. The van der Waals surface area contributed by atoms with Crippen molar-refractivity contribution >= 4 is 38.8 Å². The number of rotatable bonds is 13. The number of hydroxylamine groups is 1. The van der Waals surface area contributed by atoms with Crippen molar-refractivity contribution in [2.45, 2.75) is 38.1 Å². The Bertz CT molecular complexity index is 2840. The molecule has 15 nitrogen and oxygen atoms in total. The Balaban J connectivity index is 1.08. The van der Waals surface area contributed by atoms with Crippen LogP contribution in [0.25, 0.3) is 55.9 Å². The second-order valence-corrected chi connectivity index (χ2v) is 13.9. The highest BCUT2D eigenvalue weighted by atomic mass is 16.7. The van der Waals surface area contributed by atoms with Crippen molar-refractivity contribution in [2.75, 3.05) is 26.9 Å². The maximum atomic E-state index is 12.6. The topological polar surface area (TPSA) is 206 Å². The summed E-state index contributed by atoms with van der Waals surface area (Å²) in [6.45, 7) is 5.72. The van der Waals surface area contributed by atoms with Gasteiger partial charge >= 0.3 is 0 Å². The van der Waals surface area contributed by atoms with E-state index in [4.69, 9.17) is 47.5 Å². The molecule has 1 aliphatic heterocycles. The number of aliphatic hydroxyl groups excluding tert-OH is 2. The van der Waals surface area contributed by atoms with E-state index in [0.717, 1.165) is 10.8 Å². The molecular formula is C43H39N5O10. The predicted molar refractivity (Wildman–Crippen MR) is 212 cm³/mol. The molecule has 0 amide bonds. The first kappa shape index (κ1) is 37.0. The first-order valence-corrected chi connectivity index (χ1v) is 18.6. The van der Waals surface area contributed by atoms with E-state index in [9.17, 15) is 10.2 Å². The molecule has 0 saturated carbocycles. The molecule has 3 unspecified atom stereocenters. The molecule has 4 aromatic heterocycles. The van der Waals surface area contributed by atoms with Gasteiger partial charge in [-0.3, -0.25) is 0 Å². The van der Waals surface area contributed by atoms with Gasteiger partial charge in [-0.1, -0.05) is 11.2 Å². The number of benzene rings is 4. The molecule has 8 aromatic rings. The van der Waals surface area contributed by atoms with Gasteiger partial charge in [-0.25, -0.2) is 4.99 Å². The molecule has 4 aromatic carbocycles. The number of aromatic nitrogens is 2. The van der Waals surface area contributed by atoms with Crippen LogP contribution in [0.15, 0.2) is 114 Å². The fourth-order valence-corrected chi connectivity index (χ4v) is 7.22. The molecule has 0 saturated heterocycles. The number of hydrogen-bond acceptors (Lipinski definition) is 15. The molecule has 296 valence electrons. The second-order valence-electron chi connectivity index (χ2n) is 13.9. The summed E-state index contributed by atoms with van der Waals surface area (Å²) in [6, 6.07) is 26.8. The van der Waals surface area contributed by atoms with Gasteiger partial charge in [0.05, 0.1) is 26.9 Å². The lowest BCUT2D eigenvalue weighted by molar-refractivity contribution is -0.0631. The van der Waals surface area contributed by atoms with Gasteiger partial charge < -0.3 is 52.8 Å². The molecule has 0 radical (unpaired) electrons. The van der Waals surface area contributed by atoms with E-state index in [0.29, 0.717) is 86.6 Å². The Morgan fingerprint density at radius 2 is 1.59 bits per heavy atom. The molecule has 0 aliphatic carbocycles. The summed E-state index contributed by atoms with van der Waals surface area (Å²) in [6.07, 6.45) is -1.69. The number of hydrogen-bond donors (Lipinski definition) is 4. The molecule has 3 atom stereocenters. The average Bonchev–Trinajstić information content (AvgIpc) is 4.09. The molecule has 0 fully saturated rings. The van der Waals surface area contributed by atoms with Crippen LogP contribution in [0.3, 0.4) is 0 Å². The number of aryl methyl sites for hydroxylation is 1. The summed E-state index contributed by atoms with van der Waals surface area (Å²) in [7, 11) is 1.59. The van der Waals surface area contributed by atoms with E-state index in [1.807, 2.05) is 51.1 Å². The van der Waals surface area contributed by atoms with Crippen LogP contribution >= 0.6 is 0 Å². The number of aliphatic imine (C=N–C) groups is 1. The van der Waals surface area contributed by atoms with E-state index in [1.54, 1.807) is 67.8 Å². The van der Waals surface area contributed by atoms with Crippen LogP contribution in [0.1, 0.15) is 36.5 Å². The van der Waals surface area contributed by atoms with Crippen molar-refractivity contribution in [1.82, 2.24) is 15.6 Å². The van der Waals surface area contributed by atoms with Gasteiger partial charge in [-0.15, -0.1) is 5.48 Å². The molecule has 0 spiro atoms. The quantitative estimate of drug-likeness (QED) is 0.0921. The number of ether oxygens (including phenoxy) is 3. The molecule has 9 rings (SSSR count). The minimum Gasteiger partial charge on any atom is -0.497 e. The van der Waals surface area contributed by atoms with Crippen molar-refractivity contribution in [3.63, 3.8) is 0 Å². The van der Waals surface area contributed by atoms with Crippen LogP contribution < -0.4 is 25.4 Å². The Morgan fingerprint density at radius 3 is 2.40 bits per heavy atom. The maximum absolute atomic E-state index is 12.6. The molecular weight excluding hydrogens is 746 g/mol. The minimum absolute atomic E-state index is 0.0888. The first-order chi connectivity index (χ1) is 28.1. The summed E-state index contributed by atoms with van der Waals surface area (Å²) in [5.41, 5.74) is 9.65. The van der Waals surface area contributed by atoms with Gasteiger partial charge in [-0.05, 0) is 99.6 Å². The fraction of sp³-hybridized carbons (Fsp3) is 0.233. The molecule has 5 N–H and O–H groups in total. The Morgan fingerprint density at radius 1 is 0.810 bits per heavy atom. The summed E-state index contributed by atoms with van der Waals surface area (Å²) in [5.74, 6) is 3.57. The predicted octanol–water partition coefficient (Wildman–Crippen LogP) is 7.10. The van der Waals surface area contributed by atoms with Crippen molar-refractivity contribution in [2.24, 2.45) is 10.7 Å². The Kier molecular flexibility index (Phi) is 9.16. The lowest BCUT2D eigenvalue weighted by Crippen LogP contribution is -2.62. The Labute approximate surface area is 330 Å². The fourth-order valence-electron chi connectivity index (χ4n) is 7.22. The molecule has 5 heterocycles. The zero-order valence-corrected chi connectivity index (χ0v) is 31.9. The molecule has 0 bridgehead atoms. The largest absolute Gasteiger partial charge is 0.497 e. The van der Waals surface area contributed by atoms with Crippen molar-refractivity contribution in [1.29, 1.82) is 0 Å². The van der Waals surface area contributed by atoms with Crippen molar-refractivity contribution in [3.05, 3.63) is 114 Å². The lowest BCUT2D eigenvalue weighted by Gasteiger charge is -2.39. The average molecular weight is 786 g/mol. The standard InChI is InChI=1S/C43H39N5O10/c1-5-52-33-13-9-26(19-35(33)53-6-2)39-46-43(48-58-39,29-10-14-31-27(17-29)15-23(3)54-31)41(50)42(44,22-49)37-20-28-16-25(8-12-32(28)56-37)38-45-40(57-47-38)36-18-24-7-11-30(51-4)21-34(24)55-36/h7-21,41,48-50H,5-6,22,44H2,1-4H3. The highest BCUT2D eigenvalue weighted by Crippen LogP contribution is 2.43. The maximum Gasteiger partial charge on any atom is 0.293 e. The normalized spacial score (nSPS) is 17.1. The van der Waals surface area contributed by atoms with E-state index < -0.39 is 23.9 Å². The van der Waals surface area contributed by atoms with Gasteiger partial charge in [0.1, 0.15) is 45.7 Å². The zero-order chi connectivity index (χ0) is 40.2. The van der Waals surface area contributed by atoms with Gasteiger partial charge in [-0.2, -0.15) is 4.98 Å². The number of furan rings is 3. The Hall–Kier alpha value is -6.65. The summed E-state index contributed by atoms with van der Waals surface area (Å²) in [4.78, 5) is 15.6. The number of nitrogens with two attached hydrogens (primary N) is 1. The summed E-state index contributed by atoms with van der Waals surface area (Å²) in [5, 5.41) is 30.0. The van der Waals surface area contributed by atoms with Crippen LogP contribution in [0.5, 0.6) is 17.2 Å². The smallest absolute Gasteiger partial charge is 0.293 e. The van der Waals surface area contributed by atoms with E-state index >= 15 is 0 Å². The SMILES string of the molecule is CCOc1ccc(C2=NC(c3ccc4oc(C)cc4c3)(C(O)C(N)(CO)c3cc4cc(-c5noc(-c6cc7ccc(OC)cc7o6)n5)ccc4o3)NO2)cc1OCC. The van der Waals surface area contributed by atoms with E-state index in [2.05, 4.69) is 15.6 Å². The van der Waals surface area contributed by atoms with Crippen LogP contribution in [-0.4, -0.2) is 59.3 Å². The third-order valence-corrected chi connectivity index (χ3v) is 10.2. The lowest BCUT2D eigenvalue weighted by atomic mass is 9.80. The number of nitrogens with one attached hydrogen (secondary N) is 1. The van der Waals surface area contributed by atoms with Crippen molar-refractivity contribution in [3.8, 4) is 40.3 Å². The van der Waals surface area contributed by atoms with Gasteiger partial charge in [0.25, 0.3) is 5.89 Å². The highest BCUT2D eigenvalue weighted by Gasteiger charge is 2.56. The van der Waals surface area contributed by atoms with Gasteiger partial charge in [0.15, 0.2) is 22.9 Å². The molecule has 15 heteroatoms.